The smallest absolute Gasteiger partial charge is 0.185 e. The minimum Gasteiger partial charge on any atom is -0.364 e. The topological polar surface area (TPSA) is 42.7 Å². The molecule has 1 N–H and O–H groups in total. The number of hydrogen-bond acceptors (Lipinski definition) is 4. The van der Waals surface area contributed by atoms with Gasteiger partial charge in [0, 0.05) is 18.6 Å². The summed E-state index contributed by atoms with van der Waals surface area (Å²) in [5.74, 6) is 0.807. The van der Waals surface area contributed by atoms with E-state index in [2.05, 4.69) is 15.3 Å². The number of nitrogens with one attached hydrogen (secondary N) is 1. The number of hydrogen-bond donors (Lipinski definition) is 1. The Bertz CT molecular complexity index is 422. The molecule has 2 aromatic heterocycles. The fourth-order valence-electron chi connectivity index (χ4n) is 1.07. The van der Waals surface area contributed by atoms with Gasteiger partial charge in [0.05, 0.1) is 18.6 Å². The zero-order valence-electron chi connectivity index (χ0n) is 7.57. The quantitative estimate of drug-likeness (QED) is 0.876. The zero-order valence-corrected chi connectivity index (χ0v) is 9.14. The van der Waals surface area contributed by atoms with Crippen LogP contribution in [-0.4, -0.2) is 14.5 Å². The van der Waals surface area contributed by atoms with Gasteiger partial charge in [0.15, 0.2) is 4.47 Å². The summed E-state index contributed by atoms with van der Waals surface area (Å²) < 4.78 is 2.51. The zero-order chi connectivity index (χ0) is 9.97. The Labute approximate surface area is 90.6 Å². The maximum atomic E-state index is 5.70. The number of rotatable bonds is 3. The molecule has 0 aliphatic heterocycles. The Balaban J connectivity index is 1.98. The Kier molecular flexibility index (Phi) is 2.69. The Hall–Kier alpha value is -1.07. The summed E-state index contributed by atoms with van der Waals surface area (Å²) in [4.78, 5) is 8.10. The molecule has 0 fully saturated rings. The molecule has 0 aliphatic rings. The molecule has 0 spiro atoms. The van der Waals surface area contributed by atoms with Crippen molar-refractivity contribution in [1.29, 1.82) is 0 Å². The molecule has 0 saturated heterocycles. The van der Waals surface area contributed by atoms with Gasteiger partial charge < -0.3 is 9.88 Å². The maximum Gasteiger partial charge on any atom is 0.185 e. The van der Waals surface area contributed by atoms with Crippen molar-refractivity contribution >= 4 is 28.8 Å². The van der Waals surface area contributed by atoms with Crippen molar-refractivity contribution < 1.29 is 0 Å². The number of thiazole rings is 1. The first kappa shape index (κ1) is 9.48. The van der Waals surface area contributed by atoms with Crippen molar-refractivity contribution in [3.63, 3.8) is 0 Å². The van der Waals surface area contributed by atoms with Gasteiger partial charge in [0.25, 0.3) is 0 Å². The molecule has 0 aliphatic carbocycles. The molecule has 14 heavy (non-hydrogen) atoms. The van der Waals surface area contributed by atoms with Gasteiger partial charge in [-0.2, -0.15) is 0 Å². The number of aromatic nitrogens is 3. The monoisotopic (exact) mass is 228 g/mol. The van der Waals surface area contributed by atoms with Crippen LogP contribution >= 0.6 is 22.9 Å². The van der Waals surface area contributed by atoms with Crippen LogP contribution in [-0.2, 0) is 13.6 Å². The highest BCUT2D eigenvalue weighted by molar-refractivity contribution is 7.14. The van der Waals surface area contributed by atoms with Crippen molar-refractivity contribution in [3.8, 4) is 0 Å². The third-order valence-corrected chi connectivity index (χ3v) is 2.82. The molecular formula is C8H9ClN4S. The molecule has 0 amide bonds. The highest BCUT2D eigenvalue weighted by Gasteiger charge is 2.00. The Morgan fingerprint density at radius 1 is 1.64 bits per heavy atom. The van der Waals surface area contributed by atoms with E-state index >= 15 is 0 Å². The van der Waals surface area contributed by atoms with Crippen molar-refractivity contribution in [2.45, 2.75) is 6.54 Å². The summed E-state index contributed by atoms with van der Waals surface area (Å²) in [6.45, 7) is 0.705. The van der Waals surface area contributed by atoms with E-state index < -0.39 is 0 Å². The Morgan fingerprint density at radius 3 is 3.07 bits per heavy atom. The highest BCUT2D eigenvalue weighted by Crippen LogP contribution is 2.18. The number of nitrogens with zero attached hydrogens (tertiary/aromatic N) is 3. The lowest BCUT2D eigenvalue weighted by Crippen LogP contribution is -2.03. The first-order valence-corrected chi connectivity index (χ1v) is 5.31. The molecular weight excluding hydrogens is 220 g/mol. The van der Waals surface area contributed by atoms with Crippen molar-refractivity contribution in [3.05, 3.63) is 28.1 Å². The second-order valence-electron chi connectivity index (χ2n) is 2.84. The van der Waals surface area contributed by atoms with E-state index in [-0.39, 0.29) is 0 Å². The van der Waals surface area contributed by atoms with Crippen LogP contribution < -0.4 is 5.32 Å². The third-order valence-electron chi connectivity index (χ3n) is 1.84. The van der Waals surface area contributed by atoms with Crippen LogP contribution in [0.4, 0.5) is 5.82 Å². The average molecular weight is 229 g/mol. The third kappa shape index (κ3) is 2.05. The molecule has 0 unspecified atom stereocenters. The summed E-state index contributed by atoms with van der Waals surface area (Å²) in [6, 6.07) is 0. The molecule has 2 rings (SSSR count). The average Bonchev–Trinajstić information content (AvgIpc) is 2.72. The predicted molar refractivity (Wildman–Crippen MR) is 57.7 cm³/mol. The van der Waals surface area contributed by atoms with Crippen LogP contribution in [0.5, 0.6) is 0 Å². The molecule has 74 valence electrons. The summed E-state index contributed by atoms with van der Waals surface area (Å²) in [7, 11) is 1.96. The molecule has 4 nitrogen and oxygen atoms in total. The van der Waals surface area contributed by atoms with Gasteiger partial charge in [-0.25, -0.2) is 9.97 Å². The van der Waals surface area contributed by atoms with Gasteiger partial charge in [-0.15, -0.1) is 11.3 Å². The lowest BCUT2D eigenvalue weighted by Gasteiger charge is -2.02. The minimum atomic E-state index is 0.553. The van der Waals surface area contributed by atoms with Crippen LogP contribution in [0.2, 0.25) is 4.47 Å². The van der Waals surface area contributed by atoms with Crippen molar-refractivity contribution in [1.82, 2.24) is 14.5 Å². The fraction of sp³-hybridized carbons (Fsp3) is 0.250. The van der Waals surface area contributed by atoms with Gasteiger partial charge in [-0.1, -0.05) is 11.6 Å². The van der Waals surface area contributed by atoms with Crippen molar-refractivity contribution in [2.75, 3.05) is 5.32 Å². The molecule has 0 aromatic carbocycles. The second-order valence-corrected chi connectivity index (χ2v) is 4.28. The van der Waals surface area contributed by atoms with Crippen molar-refractivity contribution in [2.24, 2.45) is 7.05 Å². The molecule has 0 bridgehead atoms. The van der Waals surface area contributed by atoms with E-state index in [1.165, 1.54) is 11.3 Å². The highest BCUT2D eigenvalue weighted by atomic mass is 35.5. The van der Waals surface area contributed by atoms with Gasteiger partial charge in [0.2, 0.25) is 0 Å². The van der Waals surface area contributed by atoms with Crippen LogP contribution in [0.3, 0.4) is 0 Å². The fourth-order valence-corrected chi connectivity index (χ4v) is 1.79. The van der Waals surface area contributed by atoms with E-state index in [9.17, 15) is 0 Å². The number of aryl methyl sites for hydroxylation is 1. The van der Waals surface area contributed by atoms with Gasteiger partial charge in [-0.05, 0) is 0 Å². The first-order chi connectivity index (χ1) is 6.75. The second kappa shape index (κ2) is 3.98. The van der Waals surface area contributed by atoms with E-state index in [0.29, 0.717) is 11.0 Å². The first-order valence-electron chi connectivity index (χ1n) is 4.06. The maximum absolute atomic E-state index is 5.70. The molecule has 0 saturated carbocycles. The van der Waals surface area contributed by atoms with Gasteiger partial charge >= 0.3 is 0 Å². The lowest BCUT2D eigenvalue weighted by molar-refractivity contribution is 0.836. The SMILES string of the molecule is Cn1cncc1CNc1csc(Cl)n1. The summed E-state index contributed by atoms with van der Waals surface area (Å²) >= 11 is 7.12. The van der Waals surface area contributed by atoms with E-state index in [4.69, 9.17) is 11.6 Å². The predicted octanol–water partition coefficient (Wildman–Crippen LogP) is 2.14. The van der Waals surface area contributed by atoms with E-state index in [1.54, 1.807) is 6.33 Å². The van der Waals surface area contributed by atoms with Crippen LogP contribution in [0.15, 0.2) is 17.9 Å². The number of halogens is 1. The summed E-state index contributed by atoms with van der Waals surface area (Å²) in [5, 5.41) is 5.05. The van der Waals surface area contributed by atoms with Crippen LogP contribution in [0.25, 0.3) is 0 Å². The van der Waals surface area contributed by atoms with Gasteiger partial charge in [0.1, 0.15) is 5.82 Å². The summed E-state index contributed by atoms with van der Waals surface area (Å²) in [5.41, 5.74) is 1.11. The molecule has 2 heterocycles. The normalized spacial score (nSPS) is 10.4. The van der Waals surface area contributed by atoms with Crippen LogP contribution in [0.1, 0.15) is 5.69 Å². The molecule has 0 atom stereocenters. The lowest BCUT2D eigenvalue weighted by atomic mass is 10.4. The summed E-state index contributed by atoms with van der Waals surface area (Å²) in [6.07, 6.45) is 3.59. The Morgan fingerprint density at radius 2 is 2.50 bits per heavy atom. The standard InChI is InChI=1S/C8H9ClN4S/c1-13-5-10-2-6(13)3-11-7-4-14-8(9)12-7/h2,4-5,11H,3H2,1H3. The largest absolute Gasteiger partial charge is 0.364 e. The molecule has 2 aromatic rings. The van der Waals surface area contributed by atoms with E-state index in [0.717, 1.165) is 11.5 Å². The van der Waals surface area contributed by atoms with E-state index in [1.807, 2.05) is 23.2 Å². The number of imidazole rings is 1. The minimum absolute atomic E-state index is 0.553. The molecule has 6 heteroatoms. The van der Waals surface area contributed by atoms with Gasteiger partial charge in [-0.3, -0.25) is 0 Å². The van der Waals surface area contributed by atoms with Crippen LogP contribution in [0, 0.1) is 0 Å². The number of anilines is 1. The molecule has 0 radical (unpaired) electrons.